The number of hydrogen-bond donors (Lipinski definition) is 4. The highest BCUT2D eigenvalue weighted by Crippen LogP contribution is 2.44. The van der Waals surface area contributed by atoms with E-state index in [4.69, 9.17) is 9.47 Å². The third-order valence-corrected chi connectivity index (χ3v) is 14.5. The van der Waals surface area contributed by atoms with E-state index in [2.05, 4.69) is 25.6 Å². The van der Waals surface area contributed by atoms with Gasteiger partial charge in [-0.3, -0.25) is 24.3 Å². The number of carbonyl (C=O) groups excluding carboxylic acids is 3. The number of aromatic amines is 1. The molecule has 5 heterocycles. The largest absolute Gasteiger partial charge is 0.487 e. The second-order valence-electron chi connectivity index (χ2n) is 20.8. The Morgan fingerprint density at radius 3 is 2.36 bits per heavy atom. The number of rotatable bonds is 17. The van der Waals surface area contributed by atoms with Crippen LogP contribution in [0, 0.1) is 24.0 Å². The molecule has 1 fully saturated rings. The molecule has 17 heteroatoms. The summed E-state index contributed by atoms with van der Waals surface area (Å²) in [6.07, 6.45) is 1.79. The van der Waals surface area contributed by atoms with Crippen molar-refractivity contribution >= 4 is 40.0 Å². The van der Waals surface area contributed by atoms with Crippen LogP contribution in [0.4, 0.5) is 13.2 Å². The number of amides is 3. The number of thiazole rings is 1. The van der Waals surface area contributed by atoms with Gasteiger partial charge in [0.05, 0.1) is 46.6 Å². The molecule has 3 amide bonds. The summed E-state index contributed by atoms with van der Waals surface area (Å²) in [5, 5.41) is 17.5. The van der Waals surface area contributed by atoms with E-state index in [1.54, 1.807) is 29.1 Å². The Morgan fingerprint density at radius 2 is 1.71 bits per heavy atom. The zero-order chi connectivity index (χ0) is 51.6. The number of nitrogens with one attached hydrogen (secondary N) is 3. The first-order chi connectivity index (χ1) is 34.1. The van der Waals surface area contributed by atoms with E-state index >= 15 is 13.2 Å². The summed E-state index contributed by atoms with van der Waals surface area (Å²) >= 11 is 1.56. The molecular formula is C55H64F3N7O6S. The van der Waals surface area contributed by atoms with Crippen molar-refractivity contribution in [1.82, 2.24) is 35.4 Å². The quantitative estimate of drug-likeness (QED) is 0.0655. The van der Waals surface area contributed by atoms with E-state index in [9.17, 15) is 19.5 Å². The van der Waals surface area contributed by atoms with Gasteiger partial charge in [-0.25, -0.2) is 18.2 Å². The maximum Gasteiger partial charge on any atom is 0.246 e. The Morgan fingerprint density at radius 1 is 0.986 bits per heavy atom. The molecule has 0 saturated carbocycles. The van der Waals surface area contributed by atoms with Crippen LogP contribution in [-0.2, 0) is 38.6 Å². The monoisotopic (exact) mass is 1010 g/mol. The Kier molecular flexibility index (Phi) is 15.6. The summed E-state index contributed by atoms with van der Waals surface area (Å²) in [5.74, 6) is -3.02. The standard InChI is InChI=1S/C55H64F3N7O6S/c1-31-21-41-40-11-9-10-12-44(40)62-48(41)49(65(31)29-55(7,8)58)47-42(56)23-39(24-43(47)57)71-27-37-18-13-34(25-59-37)19-20-70-28-46(67)63-51(54(4,5)6)53(69)64-26-38(66)22-45(64)52(68)61-32(2)35-14-16-36(17-15-35)50-33(3)60-30-72-50/h9-18,23-25,30-32,38,45,49,51,62,66H,19-22,26-29H2,1-8H3,(H,61,68)(H,63,67)/t31-,32?,38-,45+,49-,51?/m1/s1. The molecule has 2 aliphatic heterocycles. The SMILES string of the molecule is Cc1ncsc1-c1ccc(C(C)NC(=O)[C@@H]2C[C@@H](O)CN2C(=O)C(NC(=O)COCCc2ccc(COc3cc(F)c([C@@H]4c5[nH]c6ccccc6c5C[C@@H](C)N4CC(C)(C)F)c(F)c3)nc2)C(C)(C)C)cc1. The molecule has 4 N–H and O–H groups in total. The number of aliphatic hydroxyl groups excluding tert-OH is 1. The van der Waals surface area contributed by atoms with Crippen LogP contribution in [0.15, 0.2) is 84.5 Å². The summed E-state index contributed by atoms with van der Waals surface area (Å²) in [7, 11) is 0. The minimum atomic E-state index is -1.62. The summed E-state index contributed by atoms with van der Waals surface area (Å²) in [6, 6.07) is 18.0. The average molecular weight is 1010 g/mol. The topological polar surface area (TPSA) is 162 Å². The fourth-order valence-corrected chi connectivity index (χ4v) is 10.6. The molecule has 3 aromatic heterocycles. The van der Waals surface area contributed by atoms with Gasteiger partial charge in [-0.15, -0.1) is 11.3 Å². The molecule has 13 nitrogen and oxygen atoms in total. The third-order valence-electron chi connectivity index (χ3n) is 13.5. The lowest BCUT2D eigenvalue weighted by atomic mass is 9.85. The Bertz CT molecular complexity index is 2870. The van der Waals surface area contributed by atoms with Gasteiger partial charge in [0.1, 0.15) is 48.4 Å². The van der Waals surface area contributed by atoms with Crippen LogP contribution in [0.1, 0.15) is 106 Å². The molecule has 1 saturated heterocycles. The molecule has 0 radical (unpaired) electrons. The van der Waals surface area contributed by atoms with Gasteiger partial charge in [-0.1, -0.05) is 69.3 Å². The van der Waals surface area contributed by atoms with Gasteiger partial charge in [-0.2, -0.15) is 0 Å². The number of pyridine rings is 1. The van der Waals surface area contributed by atoms with E-state index in [1.165, 1.54) is 18.7 Å². The van der Waals surface area contributed by atoms with Crippen LogP contribution < -0.4 is 15.4 Å². The molecule has 8 rings (SSSR count). The van der Waals surface area contributed by atoms with Gasteiger partial charge >= 0.3 is 0 Å². The van der Waals surface area contributed by atoms with Crippen LogP contribution in [0.2, 0.25) is 0 Å². The van der Waals surface area contributed by atoms with E-state index in [-0.39, 0.29) is 62.7 Å². The Balaban J connectivity index is 0.825. The fraction of sp³-hybridized carbons (Fsp3) is 0.436. The van der Waals surface area contributed by atoms with Crippen molar-refractivity contribution in [3.8, 4) is 16.2 Å². The van der Waals surface area contributed by atoms with E-state index in [1.807, 2.05) is 101 Å². The number of carbonyl (C=O) groups is 3. The molecule has 2 unspecified atom stereocenters. The van der Waals surface area contributed by atoms with E-state index < -0.39 is 64.7 Å². The number of H-pyrrole nitrogens is 1. The molecular weight excluding hydrogens is 944 g/mol. The second kappa shape index (κ2) is 21.5. The summed E-state index contributed by atoms with van der Waals surface area (Å²) in [6.45, 7) is 13.8. The number of fused-ring (bicyclic) bond motifs is 3. The predicted octanol–water partition coefficient (Wildman–Crippen LogP) is 8.87. The zero-order valence-corrected chi connectivity index (χ0v) is 42.8. The molecule has 2 aliphatic rings. The average Bonchev–Trinajstić information content (AvgIpc) is 4.05. The number of para-hydroxylation sites is 1. The maximum atomic E-state index is 16.2. The number of benzene rings is 3. The van der Waals surface area contributed by atoms with Gasteiger partial charge in [-0.05, 0) is 87.3 Å². The first-order valence-corrected chi connectivity index (χ1v) is 25.3. The molecule has 0 spiro atoms. The third kappa shape index (κ3) is 11.9. The molecule has 6 aromatic rings. The predicted molar refractivity (Wildman–Crippen MR) is 271 cm³/mol. The normalized spacial score (nSPS) is 19.2. The highest BCUT2D eigenvalue weighted by Gasteiger charge is 2.45. The molecule has 0 aliphatic carbocycles. The number of β-amino-alcohol motifs (C(OH)–C–C–N with tert-alkyl or cyclic N) is 1. The fourth-order valence-electron chi connectivity index (χ4n) is 9.82. The molecule has 3 aromatic carbocycles. The molecule has 6 atom stereocenters. The number of halogens is 3. The first kappa shape index (κ1) is 52.2. The van der Waals surface area contributed by atoms with Gasteiger partial charge in [0.2, 0.25) is 17.7 Å². The molecule has 382 valence electrons. The van der Waals surface area contributed by atoms with Gasteiger partial charge < -0.3 is 35.1 Å². The van der Waals surface area contributed by atoms with Crippen molar-refractivity contribution in [2.24, 2.45) is 5.41 Å². The van der Waals surface area contributed by atoms with Crippen molar-refractivity contribution in [2.45, 2.75) is 123 Å². The number of nitrogens with zero attached hydrogens (tertiary/aromatic N) is 4. The minimum absolute atomic E-state index is 0.0194. The van der Waals surface area contributed by atoms with Gasteiger partial charge in [0.15, 0.2) is 0 Å². The van der Waals surface area contributed by atoms with Crippen molar-refractivity contribution < 1.29 is 42.1 Å². The number of alkyl halides is 1. The first-order valence-electron chi connectivity index (χ1n) is 24.4. The smallest absolute Gasteiger partial charge is 0.246 e. The van der Waals surface area contributed by atoms with Crippen molar-refractivity contribution in [1.29, 1.82) is 0 Å². The number of likely N-dealkylation sites (tertiary alicyclic amines) is 1. The van der Waals surface area contributed by atoms with Gasteiger partial charge in [0, 0.05) is 66.0 Å². The number of aryl methyl sites for hydroxylation is 1. The maximum absolute atomic E-state index is 16.2. The lowest BCUT2D eigenvalue weighted by Crippen LogP contribution is -2.58. The van der Waals surface area contributed by atoms with Gasteiger partial charge in [0.25, 0.3) is 0 Å². The van der Waals surface area contributed by atoms with Crippen LogP contribution in [0.25, 0.3) is 21.3 Å². The lowest BCUT2D eigenvalue weighted by Gasteiger charge is -2.43. The van der Waals surface area contributed by atoms with E-state index in [0.29, 0.717) is 24.2 Å². The number of ether oxygens (including phenoxy) is 2. The molecule has 0 bridgehead atoms. The van der Waals surface area contributed by atoms with Crippen LogP contribution in [0.5, 0.6) is 5.75 Å². The number of aromatic nitrogens is 3. The highest BCUT2D eigenvalue weighted by atomic mass is 32.1. The van der Waals surface area contributed by atoms with Crippen molar-refractivity contribution in [2.75, 3.05) is 26.3 Å². The summed E-state index contributed by atoms with van der Waals surface area (Å²) in [4.78, 5) is 57.5. The minimum Gasteiger partial charge on any atom is -0.487 e. The van der Waals surface area contributed by atoms with Crippen LogP contribution in [0.3, 0.4) is 0 Å². The van der Waals surface area contributed by atoms with Crippen molar-refractivity contribution in [3.05, 3.63) is 135 Å². The zero-order valence-electron chi connectivity index (χ0n) is 42.0. The van der Waals surface area contributed by atoms with Crippen LogP contribution in [-0.4, -0.2) is 104 Å². The Labute approximate surface area is 422 Å². The van der Waals surface area contributed by atoms with E-state index in [0.717, 1.165) is 55.9 Å². The summed E-state index contributed by atoms with van der Waals surface area (Å²) < 4.78 is 59.2. The molecule has 72 heavy (non-hydrogen) atoms. The highest BCUT2D eigenvalue weighted by molar-refractivity contribution is 7.13. The number of hydrogen-bond acceptors (Lipinski definition) is 10. The van der Waals surface area contributed by atoms with Crippen molar-refractivity contribution in [3.63, 3.8) is 0 Å². The Hall–Kier alpha value is -6.14. The lowest BCUT2D eigenvalue weighted by molar-refractivity contribution is -0.144. The van der Waals surface area contributed by atoms with Crippen LogP contribution >= 0.6 is 11.3 Å². The second-order valence-corrected chi connectivity index (χ2v) is 21.7. The summed E-state index contributed by atoms with van der Waals surface area (Å²) in [5.41, 5.74) is 5.89. The number of aliphatic hydroxyl groups is 1.